The molecular formula is C17H22ClN3. The van der Waals surface area contributed by atoms with Crippen LogP contribution in [-0.2, 0) is 13.1 Å². The fourth-order valence-electron chi connectivity index (χ4n) is 2.35. The van der Waals surface area contributed by atoms with Crippen LogP contribution >= 0.6 is 11.6 Å². The molecule has 0 aliphatic rings. The lowest BCUT2D eigenvalue weighted by atomic mass is 10.1. The van der Waals surface area contributed by atoms with Crippen LogP contribution in [0.5, 0.6) is 0 Å². The second kappa shape index (κ2) is 7.43. The van der Waals surface area contributed by atoms with Gasteiger partial charge >= 0.3 is 0 Å². The highest BCUT2D eigenvalue weighted by Gasteiger charge is 2.11. The summed E-state index contributed by atoms with van der Waals surface area (Å²) in [6.45, 7) is 6.57. The van der Waals surface area contributed by atoms with E-state index in [0.29, 0.717) is 0 Å². The Hall–Kier alpha value is -1.58. The molecular weight excluding hydrogens is 282 g/mol. The molecule has 3 nitrogen and oxygen atoms in total. The zero-order valence-corrected chi connectivity index (χ0v) is 13.6. The average Bonchev–Trinajstić information content (AvgIpc) is 2.45. The number of aryl methyl sites for hydroxylation is 1. The fraction of sp³-hybridized carbons (Fsp3) is 0.353. The van der Waals surface area contributed by atoms with Gasteiger partial charge in [0.25, 0.3) is 0 Å². The van der Waals surface area contributed by atoms with Crippen LogP contribution in [0.25, 0.3) is 0 Å². The Morgan fingerprint density at radius 3 is 2.67 bits per heavy atom. The molecule has 0 fully saturated rings. The highest BCUT2D eigenvalue weighted by molar-refractivity contribution is 6.31. The van der Waals surface area contributed by atoms with Gasteiger partial charge in [-0.15, -0.1) is 0 Å². The van der Waals surface area contributed by atoms with Gasteiger partial charge in [0, 0.05) is 35.6 Å². The molecule has 0 aliphatic carbocycles. The monoisotopic (exact) mass is 303 g/mol. The smallest absolute Gasteiger partial charge is 0.0600 e. The largest absolute Gasteiger partial charge is 0.368 e. The quantitative estimate of drug-likeness (QED) is 0.880. The number of hydrogen-bond acceptors (Lipinski definition) is 3. The first-order chi connectivity index (χ1) is 10.1. The Morgan fingerprint density at radius 1 is 1.19 bits per heavy atom. The standard InChI is InChI=1S/C17H22ClN3/c1-4-19-11-15-16(18)9-6-10-17(15)21(3)12-14-8-5-7-13(2)20-14/h5-10,19H,4,11-12H2,1-3H3. The summed E-state index contributed by atoms with van der Waals surface area (Å²) in [7, 11) is 2.07. The molecule has 1 N–H and O–H groups in total. The SMILES string of the molecule is CCNCc1c(Cl)cccc1N(C)Cc1cccc(C)n1. The number of hydrogen-bond donors (Lipinski definition) is 1. The van der Waals surface area contributed by atoms with Crippen molar-refractivity contribution in [2.24, 2.45) is 0 Å². The van der Waals surface area contributed by atoms with Crippen molar-refractivity contribution < 1.29 is 0 Å². The van der Waals surface area contributed by atoms with E-state index >= 15 is 0 Å². The van der Waals surface area contributed by atoms with Crippen LogP contribution in [0.3, 0.4) is 0 Å². The van der Waals surface area contributed by atoms with Gasteiger partial charge in [0.05, 0.1) is 12.2 Å². The number of aromatic nitrogens is 1. The maximum atomic E-state index is 6.36. The zero-order chi connectivity index (χ0) is 15.2. The van der Waals surface area contributed by atoms with Gasteiger partial charge in [0.2, 0.25) is 0 Å². The molecule has 0 saturated carbocycles. The zero-order valence-electron chi connectivity index (χ0n) is 12.9. The van der Waals surface area contributed by atoms with Crippen LogP contribution < -0.4 is 10.2 Å². The van der Waals surface area contributed by atoms with Gasteiger partial charge < -0.3 is 10.2 Å². The van der Waals surface area contributed by atoms with E-state index in [-0.39, 0.29) is 0 Å². The highest BCUT2D eigenvalue weighted by Crippen LogP contribution is 2.27. The summed E-state index contributed by atoms with van der Waals surface area (Å²) in [4.78, 5) is 6.76. The minimum absolute atomic E-state index is 0.765. The van der Waals surface area contributed by atoms with Gasteiger partial charge in [-0.3, -0.25) is 4.98 Å². The van der Waals surface area contributed by atoms with Crippen molar-refractivity contribution in [2.45, 2.75) is 26.9 Å². The van der Waals surface area contributed by atoms with E-state index in [4.69, 9.17) is 11.6 Å². The van der Waals surface area contributed by atoms with Crippen LogP contribution in [0.4, 0.5) is 5.69 Å². The first kappa shape index (κ1) is 15.8. The Labute approximate surface area is 132 Å². The highest BCUT2D eigenvalue weighted by atomic mass is 35.5. The molecule has 112 valence electrons. The second-order valence-corrected chi connectivity index (χ2v) is 5.55. The van der Waals surface area contributed by atoms with Crippen molar-refractivity contribution in [2.75, 3.05) is 18.5 Å². The van der Waals surface area contributed by atoms with E-state index in [1.165, 1.54) is 0 Å². The first-order valence-corrected chi connectivity index (χ1v) is 7.61. The third-order valence-corrected chi connectivity index (χ3v) is 3.76. The molecule has 0 bridgehead atoms. The minimum Gasteiger partial charge on any atom is -0.368 e. The minimum atomic E-state index is 0.765. The lowest BCUT2D eigenvalue weighted by molar-refractivity contribution is 0.722. The van der Waals surface area contributed by atoms with Crippen LogP contribution in [0.2, 0.25) is 5.02 Å². The second-order valence-electron chi connectivity index (χ2n) is 5.14. The molecule has 0 spiro atoms. The summed E-state index contributed by atoms with van der Waals surface area (Å²) < 4.78 is 0. The number of halogens is 1. The summed E-state index contributed by atoms with van der Waals surface area (Å²) in [5, 5.41) is 4.15. The summed E-state index contributed by atoms with van der Waals surface area (Å²) in [5.74, 6) is 0. The Kier molecular flexibility index (Phi) is 5.59. The summed E-state index contributed by atoms with van der Waals surface area (Å²) in [6.07, 6.45) is 0. The van der Waals surface area contributed by atoms with E-state index in [2.05, 4.69) is 41.3 Å². The van der Waals surface area contributed by atoms with Crippen LogP contribution in [-0.4, -0.2) is 18.6 Å². The van der Waals surface area contributed by atoms with Gasteiger partial charge in [0.1, 0.15) is 0 Å². The molecule has 1 aromatic heterocycles. The molecule has 4 heteroatoms. The van der Waals surface area contributed by atoms with Crippen LogP contribution in [0, 0.1) is 6.92 Å². The van der Waals surface area contributed by atoms with Crippen LogP contribution in [0.1, 0.15) is 23.9 Å². The van der Waals surface area contributed by atoms with E-state index < -0.39 is 0 Å². The lowest BCUT2D eigenvalue weighted by Gasteiger charge is -2.23. The van der Waals surface area contributed by atoms with Crippen molar-refractivity contribution >= 4 is 17.3 Å². The number of rotatable bonds is 6. The normalized spacial score (nSPS) is 10.7. The molecule has 1 heterocycles. The van der Waals surface area contributed by atoms with Crippen molar-refractivity contribution in [3.05, 3.63) is 58.4 Å². The van der Waals surface area contributed by atoms with Crippen molar-refractivity contribution in [1.82, 2.24) is 10.3 Å². The number of nitrogens with one attached hydrogen (secondary N) is 1. The summed E-state index contributed by atoms with van der Waals surface area (Å²) in [6, 6.07) is 12.2. The van der Waals surface area contributed by atoms with Gasteiger partial charge in [-0.05, 0) is 37.7 Å². The summed E-state index contributed by atoms with van der Waals surface area (Å²) in [5.41, 5.74) is 4.38. The number of pyridine rings is 1. The maximum absolute atomic E-state index is 6.36. The van der Waals surface area contributed by atoms with E-state index in [9.17, 15) is 0 Å². The van der Waals surface area contributed by atoms with Crippen molar-refractivity contribution in [3.8, 4) is 0 Å². The number of benzene rings is 1. The molecule has 0 aliphatic heterocycles. The number of anilines is 1. The molecule has 1 aromatic carbocycles. The molecule has 0 radical (unpaired) electrons. The van der Waals surface area contributed by atoms with E-state index in [0.717, 1.165) is 47.3 Å². The molecule has 2 rings (SSSR count). The maximum Gasteiger partial charge on any atom is 0.0600 e. The third-order valence-electron chi connectivity index (χ3n) is 3.40. The molecule has 0 atom stereocenters. The van der Waals surface area contributed by atoms with Gasteiger partial charge in [-0.25, -0.2) is 0 Å². The van der Waals surface area contributed by atoms with Gasteiger partial charge in [-0.1, -0.05) is 30.7 Å². The van der Waals surface area contributed by atoms with E-state index in [1.54, 1.807) is 0 Å². The fourth-order valence-corrected chi connectivity index (χ4v) is 2.58. The van der Waals surface area contributed by atoms with Crippen molar-refractivity contribution in [1.29, 1.82) is 0 Å². The molecule has 0 saturated heterocycles. The topological polar surface area (TPSA) is 28.2 Å². The van der Waals surface area contributed by atoms with Gasteiger partial charge in [-0.2, -0.15) is 0 Å². The number of nitrogens with zero attached hydrogens (tertiary/aromatic N) is 2. The van der Waals surface area contributed by atoms with Crippen molar-refractivity contribution in [3.63, 3.8) is 0 Å². The Balaban J connectivity index is 2.22. The predicted molar refractivity (Wildman–Crippen MR) is 89.9 cm³/mol. The first-order valence-electron chi connectivity index (χ1n) is 7.23. The van der Waals surface area contributed by atoms with Gasteiger partial charge in [0.15, 0.2) is 0 Å². The molecule has 21 heavy (non-hydrogen) atoms. The molecule has 0 unspecified atom stereocenters. The average molecular weight is 304 g/mol. The summed E-state index contributed by atoms with van der Waals surface area (Å²) >= 11 is 6.36. The predicted octanol–water partition coefficient (Wildman–Crippen LogP) is 3.79. The lowest BCUT2D eigenvalue weighted by Crippen LogP contribution is -2.21. The molecule has 2 aromatic rings. The van der Waals surface area contributed by atoms with Crippen LogP contribution in [0.15, 0.2) is 36.4 Å². The molecule has 0 amide bonds. The third kappa shape index (κ3) is 4.19. The van der Waals surface area contributed by atoms with E-state index in [1.807, 2.05) is 31.2 Å². The Bertz CT molecular complexity index is 598. The Morgan fingerprint density at radius 2 is 1.95 bits per heavy atom.